The molecule has 0 spiro atoms. The van der Waals surface area contributed by atoms with Crippen molar-refractivity contribution in [3.63, 3.8) is 0 Å². The molecule has 6 nitrogen and oxygen atoms in total. The Morgan fingerprint density at radius 1 is 1.00 bits per heavy atom. The van der Waals surface area contributed by atoms with Crippen LogP contribution in [0.25, 0.3) is 11.1 Å². The van der Waals surface area contributed by atoms with Crippen molar-refractivity contribution in [2.24, 2.45) is 0 Å². The number of aliphatic hydroxyl groups is 1. The van der Waals surface area contributed by atoms with Crippen molar-refractivity contribution in [2.45, 2.75) is 25.5 Å². The molecule has 0 aliphatic heterocycles. The van der Waals surface area contributed by atoms with Crippen LogP contribution in [0.3, 0.4) is 0 Å². The van der Waals surface area contributed by atoms with Crippen LogP contribution in [0.2, 0.25) is 0 Å². The largest absolute Gasteiger partial charge is 0.391 e. The number of hydroxylamine groups is 1. The summed E-state index contributed by atoms with van der Waals surface area (Å²) in [5.41, 5.74) is 3.94. The fourth-order valence-electron chi connectivity index (χ4n) is 2.28. The Kier molecular flexibility index (Phi) is 6.06. The molecule has 0 saturated carbocycles. The molecule has 2 aromatic rings. The van der Waals surface area contributed by atoms with Crippen molar-refractivity contribution in [1.82, 2.24) is 10.8 Å². The summed E-state index contributed by atoms with van der Waals surface area (Å²) in [6.45, 7) is 1.47. The second kappa shape index (κ2) is 8.24. The molecule has 0 radical (unpaired) electrons. The first-order valence-corrected chi connectivity index (χ1v) is 7.58. The van der Waals surface area contributed by atoms with Crippen molar-refractivity contribution in [3.8, 4) is 11.1 Å². The second-order valence-corrected chi connectivity index (χ2v) is 5.50. The minimum atomic E-state index is -0.935. The van der Waals surface area contributed by atoms with Gasteiger partial charge in [-0.15, -0.1) is 0 Å². The smallest absolute Gasteiger partial charge is 0.251 e. The average molecular weight is 328 g/mol. The Bertz CT molecular complexity index is 684. The summed E-state index contributed by atoms with van der Waals surface area (Å²) in [4.78, 5) is 23.5. The highest BCUT2D eigenvalue weighted by Gasteiger charge is 2.21. The Morgan fingerprint density at radius 2 is 1.58 bits per heavy atom. The number of hydrogen-bond acceptors (Lipinski definition) is 4. The lowest BCUT2D eigenvalue weighted by Gasteiger charge is -2.20. The van der Waals surface area contributed by atoms with Crippen molar-refractivity contribution in [1.29, 1.82) is 0 Å². The van der Waals surface area contributed by atoms with E-state index in [9.17, 15) is 14.7 Å². The molecule has 0 aliphatic carbocycles. The topological polar surface area (TPSA) is 98.7 Å². The van der Waals surface area contributed by atoms with E-state index in [0.717, 1.165) is 11.1 Å². The highest BCUT2D eigenvalue weighted by molar-refractivity contribution is 5.95. The number of carbonyl (C=O) groups is 2. The fourth-order valence-corrected chi connectivity index (χ4v) is 2.28. The molecule has 24 heavy (non-hydrogen) atoms. The molecule has 0 bridgehead atoms. The van der Waals surface area contributed by atoms with Crippen LogP contribution in [-0.2, 0) is 4.79 Å². The van der Waals surface area contributed by atoms with E-state index in [0.29, 0.717) is 5.56 Å². The SMILES string of the molecule is C[C@@H](O)[C@@H](CC(=O)NO)NC(=O)c1ccc(-c2ccccc2)cc1. The molecule has 2 aromatic carbocycles. The first kappa shape index (κ1) is 17.7. The summed E-state index contributed by atoms with van der Waals surface area (Å²) >= 11 is 0. The van der Waals surface area contributed by atoms with Gasteiger partial charge in [0.1, 0.15) is 0 Å². The fraction of sp³-hybridized carbons (Fsp3) is 0.222. The van der Waals surface area contributed by atoms with Crippen LogP contribution in [0.4, 0.5) is 0 Å². The number of carbonyl (C=O) groups excluding carboxylic acids is 2. The summed E-state index contributed by atoms with van der Waals surface area (Å²) in [6, 6.07) is 16.0. The monoisotopic (exact) mass is 328 g/mol. The maximum absolute atomic E-state index is 12.3. The van der Waals surface area contributed by atoms with Gasteiger partial charge in [0.25, 0.3) is 5.91 Å². The lowest BCUT2D eigenvalue weighted by atomic mass is 10.0. The van der Waals surface area contributed by atoms with Gasteiger partial charge in [0.15, 0.2) is 0 Å². The summed E-state index contributed by atoms with van der Waals surface area (Å²) in [5, 5.41) is 20.8. The molecular weight excluding hydrogens is 308 g/mol. The van der Waals surface area contributed by atoms with Crippen molar-refractivity contribution < 1.29 is 19.9 Å². The Morgan fingerprint density at radius 3 is 2.12 bits per heavy atom. The van der Waals surface area contributed by atoms with Crippen molar-refractivity contribution >= 4 is 11.8 Å². The van der Waals surface area contributed by atoms with Gasteiger partial charge in [-0.2, -0.15) is 0 Å². The number of aliphatic hydroxyl groups excluding tert-OH is 1. The first-order chi connectivity index (χ1) is 11.5. The lowest BCUT2D eigenvalue weighted by molar-refractivity contribution is -0.130. The van der Waals surface area contributed by atoms with E-state index in [1.807, 2.05) is 42.5 Å². The number of hydrogen-bond donors (Lipinski definition) is 4. The Hall–Kier alpha value is -2.70. The van der Waals surface area contributed by atoms with Crippen LogP contribution in [0.15, 0.2) is 54.6 Å². The molecule has 0 aliphatic rings. The van der Waals surface area contributed by atoms with Crippen LogP contribution >= 0.6 is 0 Å². The molecule has 0 unspecified atom stereocenters. The molecule has 4 N–H and O–H groups in total. The zero-order chi connectivity index (χ0) is 17.5. The van der Waals surface area contributed by atoms with Gasteiger partial charge in [0.2, 0.25) is 5.91 Å². The summed E-state index contributed by atoms with van der Waals surface area (Å²) < 4.78 is 0. The minimum Gasteiger partial charge on any atom is -0.391 e. The molecule has 0 fully saturated rings. The lowest BCUT2D eigenvalue weighted by Crippen LogP contribution is -2.45. The molecule has 2 amide bonds. The maximum Gasteiger partial charge on any atom is 0.251 e. The predicted octanol–water partition coefficient (Wildman–Crippen LogP) is 1.73. The standard InChI is InChI=1S/C18H20N2O4/c1-12(21)16(11-17(22)20-24)19-18(23)15-9-7-14(8-10-15)13-5-3-2-4-6-13/h2-10,12,16,21,24H,11H2,1H3,(H,19,23)(H,20,22)/t12-,16-/m1/s1. The number of rotatable bonds is 6. The number of nitrogens with one attached hydrogen (secondary N) is 2. The van der Waals surface area contributed by atoms with Gasteiger partial charge in [-0.05, 0) is 30.2 Å². The Labute approximate surface area is 140 Å². The van der Waals surface area contributed by atoms with Gasteiger partial charge in [0, 0.05) is 5.56 Å². The van der Waals surface area contributed by atoms with Crippen LogP contribution in [0.5, 0.6) is 0 Å². The van der Waals surface area contributed by atoms with E-state index in [1.54, 1.807) is 12.1 Å². The normalized spacial score (nSPS) is 13.0. The third-order valence-electron chi connectivity index (χ3n) is 3.68. The second-order valence-electron chi connectivity index (χ2n) is 5.50. The molecular formula is C18H20N2O4. The maximum atomic E-state index is 12.3. The van der Waals surface area contributed by atoms with Crippen LogP contribution in [-0.4, -0.2) is 34.3 Å². The van der Waals surface area contributed by atoms with E-state index in [4.69, 9.17) is 5.21 Å². The quantitative estimate of drug-likeness (QED) is 0.479. The van der Waals surface area contributed by atoms with Gasteiger partial charge >= 0.3 is 0 Å². The zero-order valence-corrected chi connectivity index (χ0v) is 13.3. The van der Waals surface area contributed by atoms with Crippen molar-refractivity contribution in [2.75, 3.05) is 0 Å². The highest BCUT2D eigenvalue weighted by atomic mass is 16.5. The minimum absolute atomic E-state index is 0.220. The zero-order valence-electron chi connectivity index (χ0n) is 13.3. The predicted molar refractivity (Wildman–Crippen MR) is 89.4 cm³/mol. The van der Waals surface area contributed by atoms with Crippen LogP contribution in [0.1, 0.15) is 23.7 Å². The Balaban J connectivity index is 2.07. The molecule has 126 valence electrons. The molecule has 0 aromatic heterocycles. The highest BCUT2D eigenvalue weighted by Crippen LogP contribution is 2.19. The average Bonchev–Trinajstić information content (AvgIpc) is 2.61. The molecule has 0 heterocycles. The van der Waals surface area contributed by atoms with E-state index in [1.165, 1.54) is 12.4 Å². The van der Waals surface area contributed by atoms with E-state index in [-0.39, 0.29) is 6.42 Å². The number of amides is 2. The summed E-state index contributed by atoms with van der Waals surface area (Å²) in [7, 11) is 0. The summed E-state index contributed by atoms with van der Waals surface area (Å²) in [5.74, 6) is -1.08. The molecule has 2 atom stereocenters. The van der Waals surface area contributed by atoms with E-state index >= 15 is 0 Å². The van der Waals surface area contributed by atoms with Crippen LogP contribution < -0.4 is 10.8 Å². The third-order valence-corrected chi connectivity index (χ3v) is 3.68. The van der Waals surface area contributed by atoms with E-state index in [2.05, 4.69) is 5.32 Å². The molecule has 0 saturated heterocycles. The van der Waals surface area contributed by atoms with Gasteiger partial charge in [-0.25, -0.2) is 5.48 Å². The third kappa shape index (κ3) is 4.65. The van der Waals surface area contributed by atoms with Crippen LogP contribution in [0, 0.1) is 0 Å². The van der Waals surface area contributed by atoms with Gasteiger partial charge in [0.05, 0.1) is 18.6 Å². The number of benzene rings is 2. The first-order valence-electron chi connectivity index (χ1n) is 7.58. The van der Waals surface area contributed by atoms with Gasteiger partial charge < -0.3 is 10.4 Å². The molecule has 6 heteroatoms. The van der Waals surface area contributed by atoms with E-state index < -0.39 is 24.0 Å². The van der Waals surface area contributed by atoms with Gasteiger partial charge in [-0.1, -0.05) is 42.5 Å². The summed E-state index contributed by atoms with van der Waals surface area (Å²) in [6.07, 6.45) is -1.16. The molecule has 2 rings (SSSR count). The van der Waals surface area contributed by atoms with Crippen molar-refractivity contribution in [3.05, 3.63) is 60.2 Å². The van der Waals surface area contributed by atoms with Gasteiger partial charge in [-0.3, -0.25) is 14.8 Å².